The fourth-order valence-electron chi connectivity index (χ4n) is 2.10. The van der Waals surface area contributed by atoms with Gasteiger partial charge in [0.1, 0.15) is 0 Å². The molecule has 8 heteroatoms. The third-order valence-electron chi connectivity index (χ3n) is 3.60. The number of carbonyl (C=O) groups is 4. The van der Waals surface area contributed by atoms with E-state index in [1.165, 1.54) is 0 Å². The van der Waals surface area contributed by atoms with Crippen LogP contribution < -0.4 is 0 Å². The number of ether oxygens (including phenoxy) is 2. The maximum absolute atomic E-state index is 12.3. The average Bonchev–Trinajstić information content (AvgIpc) is 2.50. The van der Waals surface area contributed by atoms with Crippen molar-refractivity contribution in [2.45, 2.75) is 71.0 Å². The molecule has 0 heterocycles. The predicted octanol–water partition coefficient (Wildman–Crippen LogP) is 0.661. The molecule has 0 fully saturated rings. The maximum atomic E-state index is 12.3. The second-order valence-electron chi connectivity index (χ2n) is 5.60. The Morgan fingerprint density at radius 3 is 1.88 bits per heavy atom. The van der Waals surface area contributed by atoms with E-state index in [4.69, 9.17) is 4.74 Å². The minimum absolute atomic E-state index is 0.0422. The highest BCUT2D eigenvalue weighted by atomic mass is 16.6. The molecular weight excluding hydrogens is 320 g/mol. The van der Waals surface area contributed by atoms with Gasteiger partial charge in [-0.1, -0.05) is 33.1 Å². The second kappa shape index (κ2) is 9.48. The molecule has 0 aromatic heterocycles. The number of esters is 3. The lowest BCUT2D eigenvalue weighted by molar-refractivity contribution is -0.213. The van der Waals surface area contributed by atoms with Crippen LogP contribution >= 0.6 is 0 Å². The lowest BCUT2D eigenvalue weighted by atomic mass is 9.76. The van der Waals surface area contributed by atoms with E-state index in [-0.39, 0.29) is 13.0 Å². The SMILES string of the molecule is CCCCOC(=O)C(O)(CCCC)C(O)(C(C)=O)C(=O)OC(C)=O. The molecule has 0 aromatic rings. The Balaban J connectivity index is 5.83. The number of hydrogen-bond donors (Lipinski definition) is 2. The normalized spacial score (nSPS) is 15.8. The van der Waals surface area contributed by atoms with Crippen LogP contribution in [0.25, 0.3) is 0 Å². The zero-order valence-electron chi connectivity index (χ0n) is 14.6. The summed E-state index contributed by atoms with van der Waals surface area (Å²) in [5.74, 6) is -5.31. The van der Waals surface area contributed by atoms with Gasteiger partial charge in [-0.3, -0.25) is 9.59 Å². The highest BCUT2D eigenvalue weighted by Crippen LogP contribution is 2.32. The molecule has 2 atom stereocenters. The van der Waals surface area contributed by atoms with Gasteiger partial charge in [0.25, 0.3) is 5.60 Å². The van der Waals surface area contributed by atoms with Crippen LogP contribution in [-0.4, -0.2) is 51.7 Å². The van der Waals surface area contributed by atoms with Crippen molar-refractivity contribution < 1.29 is 38.9 Å². The minimum atomic E-state index is -3.23. The van der Waals surface area contributed by atoms with Crippen LogP contribution in [0, 0.1) is 0 Å². The molecule has 138 valence electrons. The molecular formula is C16H26O8. The molecule has 0 aliphatic rings. The van der Waals surface area contributed by atoms with Gasteiger partial charge in [-0.15, -0.1) is 0 Å². The Bertz CT molecular complexity index is 486. The summed E-state index contributed by atoms with van der Waals surface area (Å²) in [7, 11) is 0. The molecule has 0 radical (unpaired) electrons. The quantitative estimate of drug-likeness (QED) is 0.335. The summed E-state index contributed by atoms with van der Waals surface area (Å²) in [6.45, 7) is 5.27. The van der Waals surface area contributed by atoms with Crippen molar-refractivity contribution in [1.82, 2.24) is 0 Å². The first-order valence-electron chi connectivity index (χ1n) is 7.93. The van der Waals surface area contributed by atoms with Gasteiger partial charge in [0.15, 0.2) is 5.78 Å². The van der Waals surface area contributed by atoms with E-state index < -0.39 is 41.3 Å². The van der Waals surface area contributed by atoms with E-state index in [1.807, 2.05) is 6.92 Å². The topological polar surface area (TPSA) is 127 Å². The van der Waals surface area contributed by atoms with E-state index in [1.54, 1.807) is 6.92 Å². The van der Waals surface area contributed by atoms with Gasteiger partial charge in [0.05, 0.1) is 6.61 Å². The summed E-state index contributed by atoms with van der Waals surface area (Å²) < 4.78 is 9.16. The molecule has 0 bridgehead atoms. The summed E-state index contributed by atoms with van der Waals surface area (Å²) in [6, 6.07) is 0. The summed E-state index contributed by atoms with van der Waals surface area (Å²) in [5, 5.41) is 21.3. The third kappa shape index (κ3) is 4.85. The highest BCUT2D eigenvalue weighted by molar-refractivity contribution is 6.13. The van der Waals surface area contributed by atoms with Crippen LogP contribution in [-0.2, 0) is 28.7 Å². The molecule has 0 rings (SSSR count). The molecule has 8 nitrogen and oxygen atoms in total. The van der Waals surface area contributed by atoms with Gasteiger partial charge in [0.2, 0.25) is 5.60 Å². The van der Waals surface area contributed by atoms with Crippen molar-refractivity contribution in [2.75, 3.05) is 6.61 Å². The summed E-state index contributed by atoms with van der Waals surface area (Å²) >= 11 is 0. The van der Waals surface area contributed by atoms with Crippen molar-refractivity contribution in [1.29, 1.82) is 0 Å². The lowest BCUT2D eigenvalue weighted by Crippen LogP contribution is -2.68. The number of rotatable bonds is 10. The molecule has 0 saturated heterocycles. The monoisotopic (exact) mass is 346 g/mol. The summed E-state index contributed by atoms with van der Waals surface area (Å²) in [6.07, 6.45) is 1.55. The minimum Gasteiger partial charge on any atom is -0.463 e. The van der Waals surface area contributed by atoms with Crippen LogP contribution in [0.4, 0.5) is 0 Å². The smallest absolute Gasteiger partial charge is 0.357 e. The fraction of sp³-hybridized carbons (Fsp3) is 0.750. The maximum Gasteiger partial charge on any atom is 0.357 e. The largest absolute Gasteiger partial charge is 0.463 e. The van der Waals surface area contributed by atoms with Crippen molar-refractivity contribution in [3.63, 3.8) is 0 Å². The molecule has 0 spiro atoms. The van der Waals surface area contributed by atoms with E-state index in [0.717, 1.165) is 13.8 Å². The highest BCUT2D eigenvalue weighted by Gasteiger charge is 2.65. The first kappa shape index (κ1) is 22.2. The molecule has 0 aliphatic carbocycles. The lowest BCUT2D eigenvalue weighted by Gasteiger charge is -2.37. The second-order valence-corrected chi connectivity index (χ2v) is 5.60. The average molecular weight is 346 g/mol. The number of Topliss-reactive ketones (excluding diaryl/α,β-unsaturated/α-hetero) is 1. The molecule has 0 aromatic carbocycles. The van der Waals surface area contributed by atoms with Crippen molar-refractivity contribution in [2.24, 2.45) is 0 Å². The van der Waals surface area contributed by atoms with E-state index in [2.05, 4.69) is 4.74 Å². The van der Waals surface area contributed by atoms with Crippen molar-refractivity contribution >= 4 is 23.7 Å². The van der Waals surface area contributed by atoms with Gasteiger partial charge >= 0.3 is 17.9 Å². The summed E-state index contributed by atoms with van der Waals surface area (Å²) in [4.78, 5) is 47.3. The van der Waals surface area contributed by atoms with E-state index in [9.17, 15) is 29.4 Å². The third-order valence-corrected chi connectivity index (χ3v) is 3.60. The van der Waals surface area contributed by atoms with Crippen LogP contribution in [0.3, 0.4) is 0 Å². The fourth-order valence-corrected chi connectivity index (χ4v) is 2.10. The molecule has 24 heavy (non-hydrogen) atoms. The molecule has 0 amide bonds. The molecule has 2 unspecified atom stereocenters. The van der Waals surface area contributed by atoms with Crippen LogP contribution in [0.1, 0.15) is 59.8 Å². The van der Waals surface area contributed by atoms with Gasteiger partial charge in [0, 0.05) is 6.92 Å². The molecule has 2 N–H and O–H groups in total. The van der Waals surface area contributed by atoms with Crippen LogP contribution in [0.15, 0.2) is 0 Å². The predicted molar refractivity (Wildman–Crippen MR) is 82.7 cm³/mol. The molecule has 0 saturated carbocycles. The van der Waals surface area contributed by atoms with Crippen molar-refractivity contribution in [3.05, 3.63) is 0 Å². The number of carbonyl (C=O) groups excluding carboxylic acids is 4. The zero-order chi connectivity index (χ0) is 19.0. The van der Waals surface area contributed by atoms with Gasteiger partial charge in [-0.2, -0.15) is 0 Å². The van der Waals surface area contributed by atoms with Crippen molar-refractivity contribution in [3.8, 4) is 0 Å². The van der Waals surface area contributed by atoms with Gasteiger partial charge in [-0.25, -0.2) is 9.59 Å². The van der Waals surface area contributed by atoms with Crippen LogP contribution in [0.2, 0.25) is 0 Å². The van der Waals surface area contributed by atoms with Gasteiger partial charge in [-0.05, 0) is 19.8 Å². The number of unbranched alkanes of at least 4 members (excludes halogenated alkanes) is 2. The number of aliphatic hydroxyl groups is 2. The standard InChI is InChI=1S/C16H26O8/c1-5-7-9-15(21,13(19)23-10-8-6-2)16(22,11(3)17)14(20)24-12(4)18/h21-22H,5-10H2,1-4H3. The first-order chi connectivity index (χ1) is 11.1. The first-order valence-corrected chi connectivity index (χ1v) is 7.93. The Kier molecular flexibility index (Phi) is 8.77. The Morgan fingerprint density at radius 2 is 1.46 bits per heavy atom. The van der Waals surface area contributed by atoms with E-state index in [0.29, 0.717) is 19.3 Å². The van der Waals surface area contributed by atoms with Crippen LogP contribution in [0.5, 0.6) is 0 Å². The Labute approximate surface area is 141 Å². The number of ketones is 1. The van der Waals surface area contributed by atoms with E-state index >= 15 is 0 Å². The Morgan fingerprint density at radius 1 is 0.917 bits per heavy atom. The van der Waals surface area contributed by atoms with Gasteiger partial charge < -0.3 is 19.7 Å². The zero-order valence-corrected chi connectivity index (χ0v) is 14.6. The summed E-state index contributed by atoms with van der Waals surface area (Å²) in [5.41, 5.74) is -6.06. The number of hydrogen-bond acceptors (Lipinski definition) is 8. The Hall–Kier alpha value is -1.80. The molecule has 0 aliphatic heterocycles.